The van der Waals surface area contributed by atoms with E-state index < -0.39 is 5.82 Å². The van der Waals surface area contributed by atoms with Gasteiger partial charge in [-0.2, -0.15) is 15.0 Å². The molecule has 0 radical (unpaired) electrons. The Kier molecular flexibility index (Phi) is 7.77. The molecular formula is C23H34FN7O2. The Hall–Kier alpha value is -2.72. The van der Waals surface area contributed by atoms with E-state index in [-0.39, 0.29) is 23.8 Å². The van der Waals surface area contributed by atoms with Gasteiger partial charge in [0, 0.05) is 37.6 Å². The zero-order valence-electron chi connectivity index (χ0n) is 19.4. The fourth-order valence-corrected chi connectivity index (χ4v) is 4.70. The molecule has 2 aromatic rings. The van der Waals surface area contributed by atoms with Crippen LogP contribution >= 0.6 is 0 Å². The molecule has 9 nitrogen and oxygen atoms in total. The van der Waals surface area contributed by atoms with Crippen LogP contribution in [0, 0.1) is 11.7 Å². The first kappa shape index (κ1) is 23.4. The summed E-state index contributed by atoms with van der Waals surface area (Å²) in [6, 6.07) is 5.17. The molecule has 1 aromatic heterocycles. The Morgan fingerprint density at radius 2 is 2.09 bits per heavy atom. The second-order valence-electron chi connectivity index (χ2n) is 8.62. The molecule has 2 unspecified atom stereocenters. The summed E-state index contributed by atoms with van der Waals surface area (Å²) in [4.78, 5) is 15.4. The first-order valence-electron chi connectivity index (χ1n) is 11.8. The van der Waals surface area contributed by atoms with Crippen molar-refractivity contribution < 1.29 is 13.9 Å². The van der Waals surface area contributed by atoms with Crippen molar-refractivity contribution in [1.29, 1.82) is 0 Å². The van der Waals surface area contributed by atoms with Crippen LogP contribution in [-0.4, -0.2) is 60.4 Å². The average molecular weight is 460 g/mol. The summed E-state index contributed by atoms with van der Waals surface area (Å²) >= 11 is 0. The maximum Gasteiger partial charge on any atom is 0.236 e. The van der Waals surface area contributed by atoms with Crippen LogP contribution in [0.2, 0.25) is 0 Å². The van der Waals surface area contributed by atoms with E-state index in [1.54, 1.807) is 6.07 Å². The zero-order chi connectivity index (χ0) is 23.2. The van der Waals surface area contributed by atoms with Gasteiger partial charge in [-0.3, -0.25) is 0 Å². The van der Waals surface area contributed by atoms with Gasteiger partial charge in [0.1, 0.15) is 0 Å². The predicted molar refractivity (Wildman–Crippen MR) is 126 cm³/mol. The summed E-state index contributed by atoms with van der Waals surface area (Å²) in [6.07, 6.45) is 4.96. The van der Waals surface area contributed by atoms with Gasteiger partial charge in [0.25, 0.3) is 0 Å². The number of methoxy groups -OCH3 is 1. The molecular weight excluding hydrogens is 425 g/mol. The molecule has 0 amide bonds. The molecule has 0 saturated carbocycles. The number of hydrogen-bond acceptors (Lipinski definition) is 9. The third-order valence-corrected chi connectivity index (χ3v) is 6.47. The first-order valence-corrected chi connectivity index (χ1v) is 11.8. The summed E-state index contributed by atoms with van der Waals surface area (Å²) in [7, 11) is 1.45. The van der Waals surface area contributed by atoms with Crippen LogP contribution in [0.5, 0.6) is 5.75 Å². The zero-order valence-corrected chi connectivity index (χ0v) is 19.4. The van der Waals surface area contributed by atoms with Gasteiger partial charge in [-0.05, 0) is 56.7 Å². The van der Waals surface area contributed by atoms with Gasteiger partial charge in [-0.15, -0.1) is 0 Å². The molecule has 0 spiro atoms. The molecule has 2 atom stereocenters. The number of benzene rings is 1. The minimum atomic E-state index is -0.436. The predicted octanol–water partition coefficient (Wildman–Crippen LogP) is 3.11. The molecule has 4 N–H and O–H groups in total. The van der Waals surface area contributed by atoms with Gasteiger partial charge in [0.2, 0.25) is 17.8 Å². The van der Waals surface area contributed by atoms with E-state index in [1.807, 2.05) is 11.0 Å². The van der Waals surface area contributed by atoms with E-state index in [4.69, 9.17) is 20.2 Å². The lowest BCUT2D eigenvalue weighted by atomic mass is 10.0. The third-order valence-electron chi connectivity index (χ3n) is 6.47. The molecule has 3 heterocycles. The molecule has 2 fully saturated rings. The maximum atomic E-state index is 14.7. The number of aromatic nitrogens is 3. The standard InChI is InChI=1S/C23H34FN7O2/c1-3-19(18-5-4-10-26-18)31(16-6-7-20(32-2)17(24)13-16)23-29-21(25)28-22(30-23)27-14-15-8-11-33-12-9-15/h6-7,13,15,18-19,26H,3-5,8-12,14H2,1-2H3,(H3,25,27,28,29,30). The number of anilines is 4. The van der Waals surface area contributed by atoms with Crippen LogP contribution in [0.4, 0.5) is 27.9 Å². The van der Waals surface area contributed by atoms with Crippen LogP contribution in [0.15, 0.2) is 18.2 Å². The number of nitrogens with one attached hydrogen (secondary N) is 2. The normalized spacial score (nSPS) is 19.9. The van der Waals surface area contributed by atoms with Crippen LogP contribution in [0.25, 0.3) is 0 Å². The minimum absolute atomic E-state index is 0.0189. The fourth-order valence-electron chi connectivity index (χ4n) is 4.70. The lowest BCUT2D eigenvalue weighted by molar-refractivity contribution is 0.0699. The Morgan fingerprint density at radius 3 is 2.76 bits per heavy atom. The van der Waals surface area contributed by atoms with E-state index in [2.05, 4.69) is 27.5 Å². The van der Waals surface area contributed by atoms with Crippen molar-refractivity contribution in [2.45, 2.75) is 51.1 Å². The van der Waals surface area contributed by atoms with Crippen LogP contribution in [-0.2, 0) is 4.74 Å². The molecule has 0 aliphatic carbocycles. The van der Waals surface area contributed by atoms with E-state index >= 15 is 0 Å². The number of halogens is 1. The van der Waals surface area contributed by atoms with E-state index in [9.17, 15) is 4.39 Å². The molecule has 33 heavy (non-hydrogen) atoms. The van der Waals surface area contributed by atoms with Crippen molar-refractivity contribution in [2.24, 2.45) is 5.92 Å². The van der Waals surface area contributed by atoms with Crippen molar-refractivity contribution in [1.82, 2.24) is 20.3 Å². The number of nitrogens with zero attached hydrogens (tertiary/aromatic N) is 4. The van der Waals surface area contributed by atoms with E-state index in [1.165, 1.54) is 13.2 Å². The van der Waals surface area contributed by atoms with Crippen LogP contribution in [0.3, 0.4) is 0 Å². The second kappa shape index (κ2) is 10.9. The topological polar surface area (TPSA) is 110 Å². The van der Waals surface area contributed by atoms with Crippen molar-refractivity contribution in [3.8, 4) is 5.75 Å². The highest BCUT2D eigenvalue weighted by atomic mass is 19.1. The van der Waals surface area contributed by atoms with Gasteiger partial charge in [0.15, 0.2) is 11.6 Å². The molecule has 1 aromatic carbocycles. The number of hydrogen-bond donors (Lipinski definition) is 3. The Labute approximate surface area is 194 Å². The highest BCUT2D eigenvalue weighted by molar-refractivity contribution is 5.61. The van der Waals surface area contributed by atoms with Crippen LogP contribution in [0.1, 0.15) is 39.0 Å². The Morgan fingerprint density at radius 1 is 1.27 bits per heavy atom. The monoisotopic (exact) mass is 459 g/mol. The molecule has 180 valence electrons. The lowest BCUT2D eigenvalue weighted by Gasteiger charge is -2.35. The second-order valence-corrected chi connectivity index (χ2v) is 8.62. The number of rotatable bonds is 9. The van der Waals surface area contributed by atoms with Crippen molar-refractivity contribution in [3.05, 3.63) is 24.0 Å². The van der Waals surface area contributed by atoms with Gasteiger partial charge < -0.3 is 30.7 Å². The molecule has 2 aliphatic rings. The quantitative estimate of drug-likeness (QED) is 0.521. The van der Waals surface area contributed by atoms with Gasteiger partial charge in [0.05, 0.1) is 13.2 Å². The largest absolute Gasteiger partial charge is 0.494 e. The van der Waals surface area contributed by atoms with Gasteiger partial charge in [-0.1, -0.05) is 6.92 Å². The fraction of sp³-hybridized carbons (Fsp3) is 0.609. The molecule has 10 heteroatoms. The van der Waals surface area contributed by atoms with Crippen molar-refractivity contribution >= 4 is 23.5 Å². The number of nitrogen functional groups attached to an aromatic ring is 1. The smallest absolute Gasteiger partial charge is 0.236 e. The first-order chi connectivity index (χ1) is 16.1. The maximum absolute atomic E-state index is 14.7. The van der Waals surface area contributed by atoms with Crippen molar-refractivity contribution in [3.63, 3.8) is 0 Å². The number of ether oxygens (including phenoxy) is 2. The SMILES string of the molecule is CCC(C1CCCN1)N(c1ccc(OC)c(F)c1)c1nc(N)nc(NCC2CCOCC2)n1. The lowest BCUT2D eigenvalue weighted by Crippen LogP contribution is -2.46. The molecule has 4 rings (SSSR count). The summed E-state index contributed by atoms with van der Waals surface area (Å²) in [5.74, 6) is 1.22. The average Bonchev–Trinajstić information content (AvgIpc) is 3.36. The minimum Gasteiger partial charge on any atom is -0.494 e. The van der Waals surface area contributed by atoms with Gasteiger partial charge in [-0.25, -0.2) is 4.39 Å². The summed E-state index contributed by atoms with van der Waals surface area (Å²) < 4.78 is 25.2. The Bertz CT molecular complexity index is 920. The van der Waals surface area contributed by atoms with E-state index in [0.29, 0.717) is 23.5 Å². The molecule has 0 bridgehead atoms. The molecule has 2 aliphatic heterocycles. The van der Waals surface area contributed by atoms with E-state index in [0.717, 1.165) is 58.4 Å². The van der Waals surface area contributed by atoms with Gasteiger partial charge >= 0.3 is 0 Å². The van der Waals surface area contributed by atoms with Crippen LogP contribution < -0.4 is 26.0 Å². The van der Waals surface area contributed by atoms with Crippen molar-refractivity contribution in [2.75, 3.05) is 49.4 Å². The highest BCUT2D eigenvalue weighted by Crippen LogP contribution is 2.33. The molecule has 2 saturated heterocycles. The highest BCUT2D eigenvalue weighted by Gasteiger charge is 2.32. The number of nitrogens with two attached hydrogens (primary N) is 1. The third kappa shape index (κ3) is 5.62. The summed E-state index contributed by atoms with van der Waals surface area (Å²) in [5.41, 5.74) is 6.74. The Balaban J connectivity index is 1.66. The summed E-state index contributed by atoms with van der Waals surface area (Å²) in [6.45, 7) is 5.38. The summed E-state index contributed by atoms with van der Waals surface area (Å²) in [5, 5.41) is 6.90.